The summed E-state index contributed by atoms with van der Waals surface area (Å²) in [5, 5.41) is 0. The van der Waals surface area contributed by atoms with Gasteiger partial charge >= 0.3 is 0 Å². The lowest BCUT2D eigenvalue weighted by Crippen LogP contribution is -2.13. The molecule has 0 saturated heterocycles. The Morgan fingerprint density at radius 3 is 2.10 bits per heavy atom. The number of rotatable bonds is 6. The summed E-state index contributed by atoms with van der Waals surface area (Å²) in [7, 11) is 1.83. The molecule has 4 heteroatoms. The first kappa shape index (κ1) is 28.2. The summed E-state index contributed by atoms with van der Waals surface area (Å²) >= 11 is 0. The Morgan fingerprint density at radius 2 is 1.71 bits per heavy atom. The highest BCUT2D eigenvalue weighted by Crippen LogP contribution is 2.23. The Balaban J connectivity index is 0.000000679. The summed E-state index contributed by atoms with van der Waals surface area (Å²) in [6.07, 6.45) is 10.9. The van der Waals surface area contributed by atoms with Crippen LogP contribution in [0.15, 0.2) is 83.1 Å². The number of halogens is 2. The molecule has 0 spiro atoms. The lowest BCUT2D eigenvalue weighted by molar-refractivity contribution is 0.0226. The van der Waals surface area contributed by atoms with Crippen molar-refractivity contribution in [3.63, 3.8) is 0 Å². The van der Waals surface area contributed by atoms with Gasteiger partial charge in [0.1, 0.15) is 0 Å². The molecule has 0 atom stereocenters. The molecule has 1 aliphatic carbocycles. The normalized spacial score (nSPS) is 14.2. The highest BCUT2D eigenvalue weighted by atomic mass is 19.3. The summed E-state index contributed by atoms with van der Waals surface area (Å²) < 4.78 is 25.9. The van der Waals surface area contributed by atoms with E-state index >= 15 is 0 Å². The lowest BCUT2D eigenvalue weighted by Gasteiger charge is -2.11. The maximum Gasteiger partial charge on any atom is 0.249 e. The van der Waals surface area contributed by atoms with Gasteiger partial charge in [-0.05, 0) is 62.5 Å². The van der Waals surface area contributed by atoms with Crippen molar-refractivity contribution in [1.29, 1.82) is 0 Å². The van der Waals surface area contributed by atoms with Gasteiger partial charge in [-0.25, -0.2) is 8.78 Å². The third-order valence-electron chi connectivity index (χ3n) is 4.16. The van der Waals surface area contributed by atoms with Crippen LogP contribution in [0.3, 0.4) is 0 Å². The first-order chi connectivity index (χ1) is 14.5. The first-order valence-electron chi connectivity index (χ1n) is 10.6. The lowest BCUT2D eigenvalue weighted by atomic mass is 9.99. The average molecular weight is 429 g/mol. The van der Waals surface area contributed by atoms with Crippen LogP contribution in [0.2, 0.25) is 0 Å². The molecule has 1 aromatic carbocycles. The highest BCUT2D eigenvalue weighted by Gasteiger charge is 2.21. The number of nitrogens with two attached hydrogens (primary N) is 1. The third-order valence-corrected chi connectivity index (χ3v) is 4.16. The van der Waals surface area contributed by atoms with Gasteiger partial charge in [-0.3, -0.25) is 4.99 Å². The highest BCUT2D eigenvalue weighted by molar-refractivity contribution is 5.99. The summed E-state index contributed by atoms with van der Waals surface area (Å²) in [5.41, 5.74) is 12.3. The predicted octanol–water partition coefficient (Wildman–Crippen LogP) is 7.70. The second kappa shape index (κ2) is 14.3. The molecule has 0 unspecified atom stereocenters. The number of benzene rings is 1. The monoisotopic (exact) mass is 428 g/mol. The SMILES string of the molecule is C=C(C)/C=C(\C=C(/C)N)c1ccc(CC(C)(F)F)cc1.CC.CN=C(C)C1=CC=CC1. The molecule has 1 aliphatic rings. The van der Waals surface area contributed by atoms with Crippen molar-refractivity contribution >= 4 is 11.3 Å². The van der Waals surface area contributed by atoms with Crippen molar-refractivity contribution < 1.29 is 8.78 Å². The molecule has 31 heavy (non-hydrogen) atoms. The van der Waals surface area contributed by atoms with Crippen LogP contribution in [0, 0.1) is 0 Å². The second-order valence-corrected chi connectivity index (χ2v) is 7.41. The van der Waals surface area contributed by atoms with E-state index in [1.807, 2.05) is 59.0 Å². The minimum atomic E-state index is -2.69. The number of alkyl halides is 2. The minimum absolute atomic E-state index is 0.251. The van der Waals surface area contributed by atoms with Gasteiger partial charge in [0, 0.05) is 24.9 Å². The van der Waals surface area contributed by atoms with E-state index in [1.54, 1.807) is 19.1 Å². The largest absolute Gasteiger partial charge is 0.402 e. The summed E-state index contributed by atoms with van der Waals surface area (Å²) in [6.45, 7) is 14.5. The molecule has 0 bridgehead atoms. The smallest absolute Gasteiger partial charge is 0.249 e. The Bertz CT molecular complexity index is 842. The molecule has 2 rings (SSSR count). The van der Waals surface area contributed by atoms with Crippen LogP contribution in [-0.2, 0) is 6.42 Å². The molecule has 1 aromatic rings. The van der Waals surface area contributed by atoms with Gasteiger partial charge in [0.05, 0.1) is 0 Å². The Labute approximate surface area is 187 Å². The number of allylic oxidation sites excluding steroid dienone is 9. The number of aliphatic imine (C=N–C) groups is 1. The van der Waals surface area contributed by atoms with Crippen molar-refractivity contribution in [1.82, 2.24) is 0 Å². The zero-order valence-corrected chi connectivity index (χ0v) is 20.1. The van der Waals surface area contributed by atoms with Gasteiger partial charge in [0.25, 0.3) is 0 Å². The average Bonchev–Trinajstić information content (AvgIpc) is 3.22. The number of hydrogen-bond acceptors (Lipinski definition) is 2. The van der Waals surface area contributed by atoms with Gasteiger partial charge in [-0.2, -0.15) is 0 Å². The van der Waals surface area contributed by atoms with E-state index in [0.29, 0.717) is 11.3 Å². The second-order valence-electron chi connectivity index (χ2n) is 7.41. The van der Waals surface area contributed by atoms with Gasteiger partial charge in [-0.15, -0.1) is 0 Å². The van der Waals surface area contributed by atoms with Crippen LogP contribution < -0.4 is 5.73 Å². The minimum Gasteiger partial charge on any atom is -0.402 e. The van der Waals surface area contributed by atoms with Gasteiger partial charge in [0.2, 0.25) is 5.92 Å². The standard InChI is InChI=1S/C17H21F2N.C8H11N.C2H6/c1-12(2)9-16(10-13(3)20)15-7-5-14(6-8-15)11-17(4,18)19;1-7(9-2)8-5-3-4-6-8;1-2/h5-10H,1,11,20H2,2-4H3;3-5H,6H2,1-2H3;1-2H3/b13-10+,16-9+;;. The first-order valence-corrected chi connectivity index (χ1v) is 10.6. The maximum absolute atomic E-state index is 13.0. The van der Waals surface area contributed by atoms with Crippen molar-refractivity contribution in [3.8, 4) is 0 Å². The summed E-state index contributed by atoms with van der Waals surface area (Å²) in [4.78, 5) is 4.08. The van der Waals surface area contributed by atoms with Crippen LogP contribution >= 0.6 is 0 Å². The fourth-order valence-corrected chi connectivity index (χ4v) is 2.75. The molecule has 2 nitrogen and oxygen atoms in total. The maximum atomic E-state index is 13.0. The molecule has 2 N–H and O–H groups in total. The van der Waals surface area contributed by atoms with Crippen molar-refractivity contribution in [2.24, 2.45) is 10.7 Å². The van der Waals surface area contributed by atoms with E-state index in [0.717, 1.165) is 35.8 Å². The van der Waals surface area contributed by atoms with Crippen molar-refractivity contribution in [2.75, 3.05) is 7.05 Å². The van der Waals surface area contributed by atoms with E-state index in [1.165, 1.54) is 5.57 Å². The Morgan fingerprint density at radius 1 is 1.13 bits per heavy atom. The molecule has 170 valence electrons. The fourth-order valence-electron chi connectivity index (χ4n) is 2.75. The molecular formula is C27H38F2N2. The quantitative estimate of drug-likeness (QED) is 0.366. The molecule has 0 fully saturated rings. The van der Waals surface area contributed by atoms with Gasteiger partial charge in [-0.1, -0.05) is 74.6 Å². The molecule has 0 saturated carbocycles. The van der Waals surface area contributed by atoms with E-state index in [4.69, 9.17) is 5.73 Å². The van der Waals surface area contributed by atoms with Gasteiger partial charge < -0.3 is 5.73 Å². The summed E-state index contributed by atoms with van der Waals surface area (Å²) in [5.74, 6) is -2.69. The van der Waals surface area contributed by atoms with Crippen LogP contribution in [0.5, 0.6) is 0 Å². The van der Waals surface area contributed by atoms with Crippen LogP contribution in [-0.4, -0.2) is 18.7 Å². The number of nitrogens with zero attached hydrogens (tertiary/aromatic N) is 1. The molecule has 0 aromatic heterocycles. The van der Waals surface area contributed by atoms with E-state index in [2.05, 4.69) is 29.8 Å². The Hall–Kier alpha value is -2.75. The van der Waals surface area contributed by atoms with E-state index in [-0.39, 0.29) is 6.42 Å². The third kappa shape index (κ3) is 12.5. The number of hydrogen-bond donors (Lipinski definition) is 1. The fraction of sp³-hybridized carbons (Fsp3) is 0.370. The predicted molar refractivity (Wildman–Crippen MR) is 134 cm³/mol. The van der Waals surface area contributed by atoms with Crippen LogP contribution in [0.1, 0.15) is 59.1 Å². The van der Waals surface area contributed by atoms with Crippen molar-refractivity contribution in [2.45, 2.75) is 60.3 Å². The summed E-state index contributed by atoms with van der Waals surface area (Å²) in [6, 6.07) is 7.10. The van der Waals surface area contributed by atoms with Crippen molar-refractivity contribution in [3.05, 3.63) is 89.2 Å². The topological polar surface area (TPSA) is 38.4 Å². The Kier molecular flexibility index (Phi) is 13.0. The van der Waals surface area contributed by atoms with E-state index in [9.17, 15) is 8.78 Å². The molecule has 0 amide bonds. The van der Waals surface area contributed by atoms with Gasteiger partial charge in [0.15, 0.2) is 0 Å². The van der Waals surface area contributed by atoms with E-state index < -0.39 is 5.92 Å². The molecule has 0 heterocycles. The van der Waals surface area contributed by atoms with Crippen LogP contribution in [0.25, 0.3) is 5.57 Å². The zero-order chi connectivity index (χ0) is 24.0. The molecule has 0 radical (unpaired) electrons. The van der Waals surface area contributed by atoms with Crippen LogP contribution in [0.4, 0.5) is 8.78 Å². The zero-order valence-electron chi connectivity index (χ0n) is 20.1. The molecule has 0 aliphatic heterocycles. The molecular weight excluding hydrogens is 390 g/mol.